The number of aromatic nitrogens is 2. The summed E-state index contributed by atoms with van der Waals surface area (Å²) in [6.07, 6.45) is 0. The van der Waals surface area contributed by atoms with E-state index >= 15 is 0 Å². The van der Waals surface area contributed by atoms with Crippen LogP contribution in [0.25, 0.3) is 0 Å². The number of halogens is 1. The number of anilines is 1. The molecule has 3 aromatic rings. The second-order valence-electron chi connectivity index (χ2n) is 7.75. The number of ether oxygens (including phenoxy) is 1. The summed E-state index contributed by atoms with van der Waals surface area (Å²) in [5.74, 6) is 0.167. The number of carbonyl (C=O) groups excluding carboxylic acids is 2. The van der Waals surface area contributed by atoms with E-state index in [1.54, 1.807) is 49.0 Å². The van der Waals surface area contributed by atoms with Crippen LogP contribution in [0.3, 0.4) is 0 Å². The number of nitrogens with one attached hydrogen (secondary N) is 1. The number of rotatable bonds is 5. The summed E-state index contributed by atoms with van der Waals surface area (Å²) >= 11 is 6.19. The molecule has 1 aromatic heterocycles. The molecule has 2 aromatic carbocycles. The topological polar surface area (TPSA) is 76.5 Å². The van der Waals surface area contributed by atoms with Crippen molar-refractivity contribution >= 4 is 29.1 Å². The molecule has 0 saturated heterocycles. The van der Waals surface area contributed by atoms with Gasteiger partial charge in [-0.25, -0.2) is 0 Å². The molecule has 1 aliphatic heterocycles. The van der Waals surface area contributed by atoms with Crippen molar-refractivity contribution in [3.8, 4) is 5.75 Å². The highest BCUT2D eigenvalue weighted by Crippen LogP contribution is 2.34. The van der Waals surface area contributed by atoms with Crippen molar-refractivity contribution < 1.29 is 14.3 Å². The summed E-state index contributed by atoms with van der Waals surface area (Å²) in [6.45, 7) is 4.11. The van der Waals surface area contributed by atoms with Crippen LogP contribution in [0, 0.1) is 6.92 Å². The highest BCUT2D eigenvalue weighted by molar-refractivity contribution is 6.31. The molecule has 2 heterocycles. The average molecular weight is 439 g/mol. The van der Waals surface area contributed by atoms with Gasteiger partial charge in [-0.2, -0.15) is 5.10 Å². The molecule has 0 saturated carbocycles. The van der Waals surface area contributed by atoms with Crippen LogP contribution in [0.1, 0.15) is 28.7 Å². The number of amides is 2. The zero-order chi connectivity index (χ0) is 22.2. The van der Waals surface area contributed by atoms with Gasteiger partial charge in [0.2, 0.25) is 5.91 Å². The summed E-state index contributed by atoms with van der Waals surface area (Å²) in [5.41, 5.74) is 1.45. The lowest BCUT2D eigenvalue weighted by Crippen LogP contribution is -2.64. The van der Waals surface area contributed by atoms with E-state index in [4.69, 9.17) is 16.3 Å². The summed E-state index contributed by atoms with van der Waals surface area (Å²) in [6, 6.07) is 16.1. The summed E-state index contributed by atoms with van der Waals surface area (Å²) < 4.78 is 6.78. The Morgan fingerprint density at radius 1 is 1.23 bits per heavy atom. The van der Waals surface area contributed by atoms with Crippen LogP contribution in [0.15, 0.2) is 54.6 Å². The van der Waals surface area contributed by atoms with Crippen molar-refractivity contribution in [3.05, 3.63) is 76.6 Å². The molecule has 0 bridgehead atoms. The third-order valence-electron chi connectivity index (χ3n) is 5.44. The summed E-state index contributed by atoms with van der Waals surface area (Å²) in [7, 11) is 1.60. The first-order valence-electron chi connectivity index (χ1n) is 9.87. The normalized spacial score (nSPS) is 17.9. The van der Waals surface area contributed by atoms with Crippen molar-refractivity contribution in [3.63, 3.8) is 0 Å². The number of fused-ring (bicyclic) bond motifs is 1. The van der Waals surface area contributed by atoms with Crippen molar-refractivity contribution in [2.75, 3.05) is 12.0 Å². The molecule has 31 heavy (non-hydrogen) atoms. The molecule has 0 radical (unpaired) electrons. The number of hydrogen-bond donors (Lipinski definition) is 1. The van der Waals surface area contributed by atoms with Crippen LogP contribution in [-0.4, -0.2) is 34.2 Å². The van der Waals surface area contributed by atoms with Crippen LogP contribution < -0.4 is 15.0 Å². The highest BCUT2D eigenvalue weighted by atomic mass is 35.5. The zero-order valence-electron chi connectivity index (χ0n) is 17.6. The fourth-order valence-corrected chi connectivity index (χ4v) is 4.03. The van der Waals surface area contributed by atoms with Crippen molar-refractivity contribution in [1.29, 1.82) is 0 Å². The van der Waals surface area contributed by atoms with Gasteiger partial charge in [0, 0.05) is 17.3 Å². The van der Waals surface area contributed by atoms with E-state index in [-0.39, 0.29) is 18.4 Å². The zero-order valence-corrected chi connectivity index (χ0v) is 18.3. The molecule has 0 aliphatic carbocycles. The Morgan fingerprint density at radius 3 is 2.65 bits per heavy atom. The Kier molecular flexibility index (Phi) is 5.45. The molecule has 160 valence electrons. The van der Waals surface area contributed by atoms with E-state index in [0.29, 0.717) is 22.9 Å². The number of carbonyl (C=O) groups is 2. The van der Waals surface area contributed by atoms with Gasteiger partial charge in [0.25, 0.3) is 5.91 Å². The lowest BCUT2D eigenvalue weighted by Gasteiger charge is -2.43. The van der Waals surface area contributed by atoms with Gasteiger partial charge in [0.15, 0.2) is 0 Å². The van der Waals surface area contributed by atoms with Gasteiger partial charge in [-0.05, 0) is 55.8 Å². The van der Waals surface area contributed by atoms with Gasteiger partial charge >= 0.3 is 0 Å². The molecule has 4 rings (SSSR count). The van der Waals surface area contributed by atoms with Crippen molar-refractivity contribution in [1.82, 2.24) is 15.1 Å². The molecular weight excluding hydrogens is 416 g/mol. The maximum Gasteiger partial charge on any atom is 0.277 e. The second kappa shape index (κ2) is 8.07. The number of aryl methyl sites for hydroxylation is 1. The van der Waals surface area contributed by atoms with E-state index < -0.39 is 5.54 Å². The first kappa shape index (κ1) is 20.9. The Balaban J connectivity index is 1.67. The van der Waals surface area contributed by atoms with E-state index in [9.17, 15) is 9.59 Å². The van der Waals surface area contributed by atoms with Gasteiger partial charge in [-0.15, -0.1) is 0 Å². The van der Waals surface area contributed by atoms with Crippen LogP contribution in [-0.2, 0) is 17.9 Å². The fraction of sp³-hybridized carbons (Fsp3) is 0.261. The Bertz CT molecular complexity index is 1140. The van der Waals surface area contributed by atoms with E-state index in [1.165, 1.54) is 4.90 Å². The first-order chi connectivity index (χ1) is 14.8. The van der Waals surface area contributed by atoms with Gasteiger partial charge in [0.1, 0.15) is 17.0 Å². The van der Waals surface area contributed by atoms with Crippen LogP contribution in [0.4, 0.5) is 5.69 Å². The third-order valence-corrected chi connectivity index (χ3v) is 5.68. The lowest BCUT2D eigenvalue weighted by molar-refractivity contribution is -0.126. The molecule has 1 N–H and O–H groups in total. The highest BCUT2D eigenvalue weighted by Gasteiger charge is 2.48. The average Bonchev–Trinajstić information content (AvgIpc) is 3.12. The molecule has 1 atom stereocenters. The third kappa shape index (κ3) is 3.88. The quantitative estimate of drug-likeness (QED) is 0.660. The molecule has 0 fully saturated rings. The fourth-order valence-electron chi connectivity index (χ4n) is 3.85. The Hall–Kier alpha value is -3.32. The molecular formula is C23H23ClN4O3. The van der Waals surface area contributed by atoms with Gasteiger partial charge in [0.05, 0.1) is 19.3 Å². The van der Waals surface area contributed by atoms with Gasteiger partial charge in [-0.3, -0.25) is 19.2 Å². The Labute approximate surface area is 185 Å². The SMILES string of the molecule is COc1ccc(CNC(=O)C2(C)Cn3nc(C)cc3C(=O)N2c2cccc(Cl)c2)cc1. The van der Waals surface area contributed by atoms with Crippen molar-refractivity contribution in [2.45, 2.75) is 32.5 Å². The number of hydrogen-bond acceptors (Lipinski definition) is 4. The minimum Gasteiger partial charge on any atom is -0.497 e. The number of nitrogens with zero attached hydrogens (tertiary/aromatic N) is 3. The molecule has 8 heteroatoms. The van der Waals surface area contributed by atoms with Crippen LogP contribution in [0.2, 0.25) is 5.02 Å². The van der Waals surface area contributed by atoms with Crippen LogP contribution in [0.5, 0.6) is 5.75 Å². The largest absolute Gasteiger partial charge is 0.497 e. The maximum atomic E-state index is 13.4. The molecule has 7 nitrogen and oxygen atoms in total. The molecule has 1 aliphatic rings. The predicted molar refractivity (Wildman–Crippen MR) is 118 cm³/mol. The van der Waals surface area contributed by atoms with Gasteiger partial charge < -0.3 is 10.1 Å². The Morgan fingerprint density at radius 2 is 1.97 bits per heavy atom. The van der Waals surface area contributed by atoms with Crippen LogP contribution >= 0.6 is 11.6 Å². The summed E-state index contributed by atoms with van der Waals surface area (Å²) in [5, 5.41) is 7.87. The van der Waals surface area contributed by atoms with E-state index in [1.807, 2.05) is 31.2 Å². The maximum absolute atomic E-state index is 13.4. The predicted octanol–water partition coefficient (Wildman–Crippen LogP) is 3.59. The van der Waals surface area contributed by atoms with Gasteiger partial charge in [-0.1, -0.05) is 29.8 Å². The summed E-state index contributed by atoms with van der Waals surface area (Å²) in [4.78, 5) is 28.4. The number of benzene rings is 2. The molecule has 1 unspecified atom stereocenters. The smallest absolute Gasteiger partial charge is 0.277 e. The minimum atomic E-state index is -1.19. The number of methoxy groups -OCH3 is 1. The monoisotopic (exact) mass is 438 g/mol. The molecule has 0 spiro atoms. The van der Waals surface area contributed by atoms with Crippen molar-refractivity contribution in [2.24, 2.45) is 0 Å². The second-order valence-corrected chi connectivity index (χ2v) is 8.19. The van der Waals surface area contributed by atoms with E-state index in [0.717, 1.165) is 17.0 Å². The standard InChI is InChI=1S/C23H23ClN4O3/c1-15-11-20-21(29)28(18-6-4-5-17(24)12-18)23(2,14-27(20)26-15)22(30)25-13-16-7-9-19(31-3)10-8-16/h4-12H,13-14H2,1-3H3,(H,25,30). The molecule has 2 amide bonds. The van der Waals surface area contributed by atoms with E-state index in [2.05, 4.69) is 10.4 Å². The minimum absolute atomic E-state index is 0.225. The lowest BCUT2D eigenvalue weighted by atomic mass is 9.94. The first-order valence-corrected chi connectivity index (χ1v) is 10.3.